The van der Waals surface area contributed by atoms with Gasteiger partial charge in [0.1, 0.15) is 0 Å². The van der Waals surface area contributed by atoms with Gasteiger partial charge in [-0.05, 0) is 30.2 Å². The molecule has 0 aliphatic carbocycles. The highest BCUT2D eigenvalue weighted by atomic mass is 16.5. The van der Waals surface area contributed by atoms with Gasteiger partial charge in [-0.2, -0.15) is 5.10 Å². The normalized spacial score (nSPS) is 18.1. The second-order valence-electron chi connectivity index (χ2n) is 5.41. The molecule has 1 aromatic heterocycles. The van der Waals surface area contributed by atoms with Gasteiger partial charge >= 0.3 is 0 Å². The number of aryl methyl sites for hydroxylation is 1. The van der Waals surface area contributed by atoms with Crippen LogP contribution in [0.2, 0.25) is 0 Å². The van der Waals surface area contributed by atoms with E-state index in [0.29, 0.717) is 6.10 Å². The zero-order valence-corrected chi connectivity index (χ0v) is 12.3. The SMILES string of the molecule is CCOC1Cc2cc(-c3cnn(C)c3)ccc2N(C)C1. The van der Waals surface area contributed by atoms with E-state index < -0.39 is 0 Å². The van der Waals surface area contributed by atoms with Gasteiger partial charge in [0.25, 0.3) is 0 Å². The Bertz CT molecular complexity index is 606. The van der Waals surface area contributed by atoms with Crippen LogP contribution < -0.4 is 4.90 Å². The first-order chi connectivity index (χ1) is 9.67. The van der Waals surface area contributed by atoms with Crippen LogP contribution in [0.5, 0.6) is 0 Å². The Morgan fingerprint density at radius 3 is 2.85 bits per heavy atom. The summed E-state index contributed by atoms with van der Waals surface area (Å²) in [6.07, 6.45) is 5.24. The second kappa shape index (κ2) is 5.29. The monoisotopic (exact) mass is 271 g/mol. The number of benzene rings is 1. The molecule has 0 fully saturated rings. The van der Waals surface area contributed by atoms with Crippen molar-refractivity contribution in [3.63, 3.8) is 0 Å². The molecule has 4 heteroatoms. The first-order valence-electron chi connectivity index (χ1n) is 7.12. The zero-order chi connectivity index (χ0) is 14.1. The maximum absolute atomic E-state index is 5.80. The molecule has 0 spiro atoms. The number of anilines is 1. The van der Waals surface area contributed by atoms with E-state index >= 15 is 0 Å². The summed E-state index contributed by atoms with van der Waals surface area (Å²) in [5.74, 6) is 0. The maximum Gasteiger partial charge on any atom is 0.0790 e. The van der Waals surface area contributed by atoms with Crippen molar-refractivity contribution in [2.24, 2.45) is 7.05 Å². The molecular formula is C16H21N3O. The number of ether oxygens (including phenoxy) is 1. The van der Waals surface area contributed by atoms with Gasteiger partial charge in [0, 0.05) is 51.1 Å². The topological polar surface area (TPSA) is 30.3 Å². The van der Waals surface area contributed by atoms with Crippen molar-refractivity contribution in [1.29, 1.82) is 0 Å². The van der Waals surface area contributed by atoms with E-state index in [9.17, 15) is 0 Å². The molecule has 1 aromatic carbocycles. The predicted molar refractivity (Wildman–Crippen MR) is 81.0 cm³/mol. The van der Waals surface area contributed by atoms with Gasteiger partial charge in [-0.3, -0.25) is 4.68 Å². The Morgan fingerprint density at radius 1 is 1.30 bits per heavy atom. The van der Waals surface area contributed by atoms with Crippen LogP contribution in [0.3, 0.4) is 0 Å². The van der Waals surface area contributed by atoms with Crippen molar-refractivity contribution < 1.29 is 4.74 Å². The molecule has 1 aliphatic rings. The van der Waals surface area contributed by atoms with Gasteiger partial charge in [0.2, 0.25) is 0 Å². The highest BCUT2D eigenvalue weighted by molar-refractivity contribution is 5.69. The van der Waals surface area contributed by atoms with E-state index in [1.54, 1.807) is 0 Å². The van der Waals surface area contributed by atoms with Crippen LogP contribution in [0.4, 0.5) is 5.69 Å². The van der Waals surface area contributed by atoms with Gasteiger partial charge in [0.15, 0.2) is 0 Å². The third-order valence-electron chi connectivity index (χ3n) is 3.86. The van der Waals surface area contributed by atoms with Gasteiger partial charge in [-0.1, -0.05) is 6.07 Å². The lowest BCUT2D eigenvalue weighted by Gasteiger charge is -2.33. The van der Waals surface area contributed by atoms with E-state index in [0.717, 1.165) is 25.1 Å². The van der Waals surface area contributed by atoms with Gasteiger partial charge in [0.05, 0.1) is 12.3 Å². The number of hydrogen-bond acceptors (Lipinski definition) is 3. The van der Waals surface area contributed by atoms with Crippen LogP contribution in [0, 0.1) is 0 Å². The second-order valence-corrected chi connectivity index (χ2v) is 5.41. The number of rotatable bonds is 3. The zero-order valence-electron chi connectivity index (χ0n) is 12.3. The Balaban J connectivity index is 1.93. The molecule has 0 amide bonds. The molecule has 1 atom stereocenters. The van der Waals surface area contributed by atoms with Crippen LogP contribution in [-0.4, -0.2) is 36.1 Å². The highest BCUT2D eigenvalue weighted by Gasteiger charge is 2.22. The number of fused-ring (bicyclic) bond motifs is 1. The molecule has 0 saturated carbocycles. The first kappa shape index (κ1) is 13.2. The fourth-order valence-electron chi connectivity index (χ4n) is 2.93. The summed E-state index contributed by atoms with van der Waals surface area (Å²) < 4.78 is 7.64. The lowest BCUT2D eigenvalue weighted by Crippen LogP contribution is -2.37. The van der Waals surface area contributed by atoms with E-state index in [1.807, 2.05) is 24.1 Å². The van der Waals surface area contributed by atoms with Crippen molar-refractivity contribution in [2.45, 2.75) is 19.4 Å². The summed E-state index contributed by atoms with van der Waals surface area (Å²) in [6, 6.07) is 6.65. The predicted octanol–water partition coefficient (Wildman–Crippen LogP) is 2.48. The molecule has 4 nitrogen and oxygen atoms in total. The third kappa shape index (κ3) is 2.43. The minimum Gasteiger partial charge on any atom is -0.376 e. The molecular weight excluding hydrogens is 250 g/mol. The molecule has 0 radical (unpaired) electrons. The van der Waals surface area contributed by atoms with E-state index in [4.69, 9.17) is 4.74 Å². The van der Waals surface area contributed by atoms with Crippen molar-refractivity contribution >= 4 is 5.69 Å². The number of aromatic nitrogens is 2. The fourth-order valence-corrected chi connectivity index (χ4v) is 2.93. The number of likely N-dealkylation sites (N-methyl/N-ethyl adjacent to an activating group) is 1. The van der Waals surface area contributed by atoms with Gasteiger partial charge in [-0.15, -0.1) is 0 Å². The molecule has 0 saturated heterocycles. The molecule has 0 bridgehead atoms. The third-order valence-corrected chi connectivity index (χ3v) is 3.86. The summed E-state index contributed by atoms with van der Waals surface area (Å²) in [5, 5.41) is 4.25. The van der Waals surface area contributed by atoms with Crippen molar-refractivity contribution in [2.75, 3.05) is 25.1 Å². The Morgan fingerprint density at radius 2 is 2.15 bits per heavy atom. The van der Waals surface area contributed by atoms with Crippen molar-refractivity contribution in [3.05, 3.63) is 36.2 Å². The average molecular weight is 271 g/mol. The average Bonchev–Trinajstić information content (AvgIpc) is 2.85. The molecule has 2 aromatic rings. The Kier molecular flexibility index (Phi) is 3.49. The summed E-state index contributed by atoms with van der Waals surface area (Å²) in [6.45, 7) is 3.80. The maximum atomic E-state index is 5.80. The molecule has 3 rings (SSSR count). The summed E-state index contributed by atoms with van der Waals surface area (Å²) >= 11 is 0. The molecule has 2 heterocycles. The molecule has 0 N–H and O–H groups in total. The van der Waals surface area contributed by atoms with Gasteiger partial charge < -0.3 is 9.64 Å². The Labute approximate surface area is 120 Å². The number of nitrogens with zero attached hydrogens (tertiary/aromatic N) is 3. The number of hydrogen-bond donors (Lipinski definition) is 0. The van der Waals surface area contributed by atoms with Crippen LogP contribution in [0.25, 0.3) is 11.1 Å². The standard InChI is InChI=1S/C16H21N3O/c1-4-20-15-8-13-7-12(14-9-17-19(3)10-14)5-6-16(13)18(2)11-15/h5-7,9-10,15H,4,8,11H2,1-3H3. The minimum atomic E-state index is 0.293. The Hall–Kier alpha value is -1.81. The lowest BCUT2D eigenvalue weighted by molar-refractivity contribution is 0.0659. The summed E-state index contributed by atoms with van der Waals surface area (Å²) in [5.41, 5.74) is 5.06. The van der Waals surface area contributed by atoms with Crippen LogP contribution in [-0.2, 0) is 18.2 Å². The lowest BCUT2D eigenvalue weighted by atomic mass is 9.96. The largest absolute Gasteiger partial charge is 0.376 e. The molecule has 1 aliphatic heterocycles. The van der Waals surface area contributed by atoms with Crippen LogP contribution >= 0.6 is 0 Å². The summed E-state index contributed by atoms with van der Waals surface area (Å²) in [7, 11) is 4.08. The van der Waals surface area contributed by atoms with E-state index in [1.165, 1.54) is 16.8 Å². The van der Waals surface area contributed by atoms with Gasteiger partial charge in [-0.25, -0.2) is 0 Å². The minimum absolute atomic E-state index is 0.293. The molecule has 106 valence electrons. The van der Waals surface area contributed by atoms with E-state index in [-0.39, 0.29) is 0 Å². The van der Waals surface area contributed by atoms with Crippen molar-refractivity contribution in [1.82, 2.24) is 9.78 Å². The van der Waals surface area contributed by atoms with Crippen LogP contribution in [0.1, 0.15) is 12.5 Å². The quantitative estimate of drug-likeness (QED) is 0.859. The van der Waals surface area contributed by atoms with Crippen molar-refractivity contribution in [3.8, 4) is 11.1 Å². The summed E-state index contributed by atoms with van der Waals surface area (Å²) in [4.78, 5) is 2.28. The first-order valence-corrected chi connectivity index (χ1v) is 7.12. The van der Waals surface area contributed by atoms with Crippen LogP contribution in [0.15, 0.2) is 30.6 Å². The smallest absolute Gasteiger partial charge is 0.0790 e. The molecule has 1 unspecified atom stereocenters. The highest BCUT2D eigenvalue weighted by Crippen LogP contribution is 2.31. The van der Waals surface area contributed by atoms with E-state index in [2.05, 4.69) is 42.2 Å². The molecule has 20 heavy (non-hydrogen) atoms. The fraction of sp³-hybridized carbons (Fsp3) is 0.438.